The highest BCUT2D eigenvalue weighted by Gasteiger charge is 2.29. The molecule has 1 aliphatic heterocycles. The zero-order chi connectivity index (χ0) is 13.2. The number of hydrogen-bond acceptors (Lipinski definition) is 4. The van der Waals surface area contributed by atoms with Crippen LogP contribution in [0.3, 0.4) is 0 Å². The van der Waals surface area contributed by atoms with Crippen LogP contribution in [0.1, 0.15) is 18.4 Å². The first-order valence-corrected chi connectivity index (χ1v) is 7.46. The summed E-state index contributed by atoms with van der Waals surface area (Å²) in [6, 6.07) is 6.79. The lowest BCUT2D eigenvalue weighted by molar-refractivity contribution is 0.113. The van der Waals surface area contributed by atoms with Crippen molar-refractivity contribution < 1.29 is 13.5 Å². The maximum absolute atomic E-state index is 12.5. The highest BCUT2D eigenvalue weighted by molar-refractivity contribution is 7.89. The van der Waals surface area contributed by atoms with Crippen LogP contribution >= 0.6 is 0 Å². The van der Waals surface area contributed by atoms with E-state index in [4.69, 9.17) is 5.73 Å². The van der Waals surface area contributed by atoms with Gasteiger partial charge in [0.1, 0.15) is 0 Å². The minimum absolute atomic E-state index is 0.200. The molecule has 6 heteroatoms. The molecule has 1 heterocycles. The Morgan fingerprint density at radius 3 is 2.50 bits per heavy atom. The Hall–Kier alpha value is -0.950. The van der Waals surface area contributed by atoms with Crippen LogP contribution < -0.4 is 5.73 Å². The van der Waals surface area contributed by atoms with E-state index in [1.54, 1.807) is 24.3 Å². The van der Waals surface area contributed by atoms with Crippen LogP contribution in [0.25, 0.3) is 0 Å². The molecule has 0 aromatic heterocycles. The van der Waals surface area contributed by atoms with Crippen LogP contribution in [0.4, 0.5) is 0 Å². The summed E-state index contributed by atoms with van der Waals surface area (Å²) < 4.78 is 26.3. The standard InChI is InChI=1S/C12H18N2O3S/c13-9-10-3-1-2-4-12(10)18(16,17)14-7-5-11(15)6-8-14/h1-4,11,15H,5-9,13H2. The van der Waals surface area contributed by atoms with Crippen LogP contribution in [0, 0.1) is 0 Å². The lowest BCUT2D eigenvalue weighted by Gasteiger charge is -2.29. The second-order valence-electron chi connectivity index (χ2n) is 4.45. The maximum Gasteiger partial charge on any atom is 0.243 e. The van der Waals surface area contributed by atoms with Crippen molar-refractivity contribution in [3.63, 3.8) is 0 Å². The van der Waals surface area contributed by atoms with E-state index in [9.17, 15) is 13.5 Å². The summed E-state index contributed by atoms with van der Waals surface area (Å²) in [6.45, 7) is 0.927. The molecule has 0 saturated carbocycles. The van der Waals surface area contributed by atoms with Gasteiger partial charge in [0.15, 0.2) is 0 Å². The summed E-state index contributed by atoms with van der Waals surface area (Å²) in [5, 5.41) is 9.42. The Labute approximate surface area is 107 Å². The Bertz CT molecular complexity index is 508. The molecule has 3 N–H and O–H groups in total. The summed E-state index contributed by atoms with van der Waals surface area (Å²) in [4.78, 5) is 0.281. The molecule has 2 rings (SSSR count). The predicted octanol–water partition coefficient (Wildman–Crippen LogP) is 0.291. The largest absolute Gasteiger partial charge is 0.393 e. The zero-order valence-electron chi connectivity index (χ0n) is 10.1. The summed E-state index contributed by atoms with van der Waals surface area (Å²) in [7, 11) is -3.49. The quantitative estimate of drug-likeness (QED) is 0.827. The zero-order valence-corrected chi connectivity index (χ0v) is 10.9. The average molecular weight is 270 g/mol. The van der Waals surface area contributed by atoms with Crippen molar-refractivity contribution >= 4 is 10.0 Å². The van der Waals surface area contributed by atoms with Crippen molar-refractivity contribution in [3.05, 3.63) is 29.8 Å². The molecule has 5 nitrogen and oxygen atoms in total. The lowest BCUT2D eigenvalue weighted by Crippen LogP contribution is -2.40. The van der Waals surface area contributed by atoms with Crippen LogP contribution in [-0.2, 0) is 16.6 Å². The molecule has 0 radical (unpaired) electrons. The summed E-state index contributed by atoms with van der Waals surface area (Å²) in [5.41, 5.74) is 6.20. The van der Waals surface area contributed by atoms with Gasteiger partial charge < -0.3 is 10.8 Å². The molecule has 18 heavy (non-hydrogen) atoms. The molecule has 0 bridgehead atoms. The first kappa shape index (κ1) is 13.5. The van der Waals surface area contributed by atoms with Crippen LogP contribution in [0.15, 0.2) is 29.2 Å². The van der Waals surface area contributed by atoms with Crippen LogP contribution in [0.2, 0.25) is 0 Å². The minimum atomic E-state index is -3.49. The van der Waals surface area contributed by atoms with Crippen molar-refractivity contribution in [3.8, 4) is 0 Å². The summed E-state index contributed by atoms with van der Waals surface area (Å²) in [5.74, 6) is 0. The van der Waals surface area contributed by atoms with Crippen molar-refractivity contribution in [2.75, 3.05) is 13.1 Å². The highest BCUT2D eigenvalue weighted by Crippen LogP contribution is 2.23. The van der Waals surface area contributed by atoms with E-state index in [-0.39, 0.29) is 17.5 Å². The van der Waals surface area contributed by atoms with E-state index in [1.165, 1.54) is 4.31 Å². The molecule has 1 saturated heterocycles. The van der Waals surface area contributed by atoms with Crippen molar-refractivity contribution in [1.82, 2.24) is 4.31 Å². The molecule has 1 fully saturated rings. The van der Waals surface area contributed by atoms with Gasteiger partial charge >= 0.3 is 0 Å². The maximum atomic E-state index is 12.5. The molecule has 1 aliphatic rings. The normalized spacial score (nSPS) is 19.0. The second kappa shape index (κ2) is 5.36. The molecular weight excluding hydrogens is 252 g/mol. The smallest absolute Gasteiger partial charge is 0.243 e. The van der Waals surface area contributed by atoms with E-state index in [0.717, 1.165) is 0 Å². The third-order valence-corrected chi connectivity index (χ3v) is 5.23. The molecule has 0 amide bonds. The number of piperidine rings is 1. The van der Waals surface area contributed by atoms with E-state index in [1.807, 2.05) is 0 Å². The van der Waals surface area contributed by atoms with Gasteiger partial charge in [0, 0.05) is 19.6 Å². The van der Waals surface area contributed by atoms with Crippen LogP contribution in [-0.4, -0.2) is 37.0 Å². The fourth-order valence-corrected chi connectivity index (χ4v) is 3.85. The summed E-state index contributed by atoms with van der Waals surface area (Å²) >= 11 is 0. The van der Waals surface area contributed by atoms with Gasteiger partial charge in [-0.15, -0.1) is 0 Å². The van der Waals surface area contributed by atoms with Crippen molar-refractivity contribution in [2.45, 2.75) is 30.4 Å². The Balaban J connectivity index is 2.30. The van der Waals surface area contributed by atoms with Gasteiger partial charge in [-0.05, 0) is 24.5 Å². The monoisotopic (exact) mass is 270 g/mol. The van der Waals surface area contributed by atoms with Crippen molar-refractivity contribution in [1.29, 1.82) is 0 Å². The number of nitrogens with two attached hydrogens (primary N) is 1. The average Bonchev–Trinajstić information content (AvgIpc) is 2.39. The molecule has 1 aromatic carbocycles. The molecule has 0 spiro atoms. The van der Waals surface area contributed by atoms with Gasteiger partial charge in [-0.25, -0.2) is 8.42 Å². The second-order valence-corrected chi connectivity index (χ2v) is 6.35. The Morgan fingerprint density at radius 2 is 1.89 bits per heavy atom. The molecule has 100 valence electrons. The minimum Gasteiger partial charge on any atom is -0.393 e. The fraction of sp³-hybridized carbons (Fsp3) is 0.500. The number of nitrogens with zero attached hydrogens (tertiary/aromatic N) is 1. The van der Waals surface area contributed by atoms with E-state index in [2.05, 4.69) is 0 Å². The Kier molecular flexibility index (Phi) is 4.01. The topological polar surface area (TPSA) is 83.6 Å². The molecule has 0 unspecified atom stereocenters. The lowest BCUT2D eigenvalue weighted by atomic mass is 10.1. The van der Waals surface area contributed by atoms with Gasteiger partial charge in [0.05, 0.1) is 11.0 Å². The van der Waals surface area contributed by atoms with Crippen LogP contribution in [0.5, 0.6) is 0 Å². The van der Waals surface area contributed by atoms with Gasteiger partial charge in [-0.3, -0.25) is 0 Å². The Morgan fingerprint density at radius 1 is 1.28 bits per heavy atom. The summed E-state index contributed by atoms with van der Waals surface area (Å²) in [6.07, 6.45) is 0.592. The van der Waals surface area contributed by atoms with Crippen molar-refractivity contribution in [2.24, 2.45) is 5.73 Å². The van der Waals surface area contributed by atoms with E-state index >= 15 is 0 Å². The van der Waals surface area contributed by atoms with E-state index in [0.29, 0.717) is 31.5 Å². The third kappa shape index (κ3) is 2.56. The molecule has 0 atom stereocenters. The number of benzene rings is 1. The van der Waals surface area contributed by atoms with Gasteiger partial charge in [0.2, 0.25) is 10.0 Å². The fourth-order valence-electron chi connectivity index (χ4n) is 2.15. The van der Waals surface area contributed by atoms with Gasteiger partial charge in [-0.1, -0.05) is 18.2 Å². The molecule has 1 aromatic rings. The number of sulfonamides is 1. The number of hydrogen-bond donors (Lipinski definition) is 2. The predicted molar refractivity (Wildman–Crippen MR) is 68.3 cm³/mol. The first-order chi connectivity index (χ1) is 8.55. The third-order valence-electron chi connectivity index (χ3n) is 3.23. The number of rotatable bonds is 3. The first-order valence-electron chi connectivity index (χ1n) is 6.02. The van der Waals surface area contributed by atoms with Gasteiger partial charge in [0.25, 0.3) is 0 Å². The number of aliphatic hydroxyl groups is 1. The SMILES string of the molecule is NCc1ccccc1S(=O)(=O)N1CCC(O)CC1. The van der Waals surface area contributed by atoms with E-state index < -0.39 is 10.0 Å². The number of aliphatic hydroxyl groups excluding tert-OH is 1. The molecular formula is C12H18N2O3S. The highest BCUT2D eigenvalue weighted by atomic mass is 32.2. The molecule has 0 aliphatic carbocycles. The van der Waals surface area contributed by atoms with Gasteiger partial charge in [-0.2, -0.15) is 4.31 Å².